The van der Waals surface area contributed by atoms with Crippen LogP contribution in [-0.4, -0.2) is 75.3 Å². The van der Waals surface area contributed by atoms with Gasteiger partial charge in [-0.3, -0.25) is 9.59 Å². The first-order valence-corrected chi connectivity index (χ1v) is 18.5. The number of aliphatic hydroxyl groups is 2. The molecule has 2 heterocycles. The number of ether oxygens (including phenoxy) is 4. The standard InChI is InChI=1S/C41H45F6N3O10/c1-22-25(20-59-38-32(40(42,43)44)14-24(36(49-38)57-3)8-5-11-28(51)16-34(53)54)9-6-12-30(22)31-13-7-10-26(23(31)2)21-60-39-33(41(45,46)47)15-27(37(50-39)58-4)18-48-19-29(52)17-35(55)56/h6-7,9-10,12-15,28-29,48,51-52H,5,8,11,16-21H2,1-4H3,(H,53,54)(H,55,56)/t28-,29+/m1/s1. The number of aryl methyl sites for hydroxylation is 1. The van der Waals surface area contributed by atoms with Crippen LogP contribution < -0.4 is 24.3 Å². The molecule has 0 bridgehead atoms. The van der Waals surface area contributed by atoms with Gasteiger partial charge in [0.25, 0.3) is 0 Å². The first-order chi connectivity index (χ1) is 28.2. The van der Waals surface area contributed by atoms with Crippen LogP contribution in [0.1, 0.15) is 70.2 Å². The number of carboxylic acids is 2. The molecule has 0 spiro atoms. The highest BCUT2D eigenvalue weighted by molar-refractivity contribution is 5.72. The highest BCUT2D eigenvalue weighted by atomic mass is 19.4. The number of nitrogens with one attached hydrogen (secondary N) is 1. The zero-order valence-corrected chi connectivity index (χ0v) is 33.0. The summed E-state index contributed by atoms with van der Waals surface area (Å²) < 4.78 is 107. The number of benzene rings is 2. The van der Waals surface area contributed by atoms with Gasteiger partial charge in [-0.25, -0.2) is 0 Å². The van der Waals surface area contributed by atoms with Gasteiger partial charge in [-0.2, -0.15) is 36.3 Å². The maximum atomic E-state index is 14.3. The van der Waals surface area contributed by atoms with Crippen LogP contribution in [0, 0.1) is 13.8 Å². The van der Waals surface area contributed by atoms with Crippen molar-refractivity contribution < 1.29 is 75.3 Å². The Hall–Kier alpha value is -5.66. The van der Waals surface area contributed by atoms with Gasteiger partial charge >= 0.3 is 24.3 Å². The van der Waals surface area contributed by atoms with Gasteiger partial charge in [0, 0.05) is 24.2 Å². The normalized spacial score (nSPS) is 12.8. The van der Waals surface area contributed by atoms with E-state index in [4.69, 9.17) is 29.2 Å². The minimum atomic E-state index is -4.89. The fourth-order valence-corrected chi connectivity index (χ4v) is 6.36. The SMILES string of the molecule is COc1nc(OCc2cccc(-c3cccc(COc4nc(OC)c(CNC[C@@H](O)CC(=O)O)cc4C(F)(F)F)c3C)c2C)c(C(F)(F)F)cc1CCC[C@@H](O)CC(=O)O. The molecular weight excluding hydrogens is 808 g/mol. The lowest BCUT2D eigenvalue weighted by Crippen LogP contribution is -2.28. The van der Waals surface area contributed by atoms with Gasteiger partial charge < -0.3 is 44.7 Å². The van der Waals surface area contributed by atoms with E-state index in [9.17, 15) is 46.1 Å². The van der Waals surface area contributed by atoms with Crippen LogP contribution in [0.5, 0.6) is 23.5 Å². The molecule has 60 heavy (non-hydrogen) atoms. The van der Waals surface area contributed by atoms with Crippen molar-refractivity contribution in [2.45, 2.75) is 90.3 Å². The molecule has 0 amide bonds. The summed E-state index contributed by atoms with van der Waals surface area (Å²) >= 11 is 0. The number of methoxy groups -OCH3 is 2. The number of pyridine rings is 2. The molecule has 0 radical (unpaired) electrons. The molecular formula is C41H45F6N3O10. The fraction of sp³-hybridized carbons (Fsp3) is 0.415. The molecule has 2 aromatic heterocycles. The van der Waals surface area contributed by atoms with Crippen LogP contribution in [0.2, 0.25) is 0 Å². The Morgan fingerprint density at radius 1 is 0.683 bits per heavy atom. The summed E-state index contributed by atoms with van der Waals surface area (Å²) in [6.45, 7) is 2.37. The lowest BCUT2D eigenvalue weighted by Gasteiger charge is -2.19. The zero-order chi connectivity index (χ0) is 44.4. The van der Waals surface area contributed by atoms with Crippen molar-refractivity contribution in [1.29, 1.82) is 0 Å². The van der Waals surface area contributed by atoms with Crippen molar-refractivity contribution in [3.05, 3.63) is 93.0 Å². The van der Waals surface area contributed by atoms with E-state index in [1.54, 1.807) is 50.2 Å². The van der Waals surface area contributed by atoms with Crippen LogP contribution >= 0.6 is 0 Å². The number of rotatable bonds is 21. The Morgan fingerprint density at radius 3 is 1.58 bits per heavy atom. The summed E-state index contributed by atoms with van der Waals surface area (Å²) in [5.41, 5.74) is 1.36. The molecule has 2 atom stereocenters. The van der Waals surface area contributed by atoms with Gasteiger partial charge in [-0.15, -0.1) is 0 Å². The number of aromatic nitrogens is 2. The Labute approximate surface area is 340 Å². The number of hydrogen-bond donors (Lipinski definition) is 5. The van der Waals surface area contributed by atoms with E-state index >= 15 is 0 Å². The monoisotopic (exact) mass is 853 g/mol. The van der Waals surface area contributed by atoms with Crippen molar-refractivity contribution in [2.24, 2.45) is 0 Å². The number of nitrogens with zero attached hydrogens (tertiary/aromatic N) is 2. The summed E-state index contributed by atoms with van der Waals surface area (Å²) in [4.78, 5) is 29.6. The average molecular weight is 854 g/mol. The van der Waals surface area contributed by atoms with E-state index in [2.05, 4.69) is 15.3 Å². The minimum absolute atomic E-state index is 0.0120. The third-order valence-corrected chi connectivity index (χ3v) is 9.46. The van der Waals surface area contributed by atoms with Gasteiger partial charge in [-0.1, -0.05) is 36.4 Å². The molecule has 0 saturated heterocycles. The molecule has 0 aliphatic heterocycles. The number of hydrogen-bond acceptors (Lipinski definition) is 11. The quantitative estimate of drug-likeness (QED) is 0.0537. The van der Waals surface area contributed by atoms with Gasteiger partial charge in [0.2, 0.25) is 23.5 Å². The molecule has 0 aliphatic rings. The smallest absolute Gasteiger partial charge is 0.421 e. The van der Waals surface area contributed by atoms with Crippen LogP contribution in [0.4, 0.5) is 26.3 Å². The van der Waals surface area contributed by atoms with E-state index in [0.29, 0.717) is 33.4 Å². The van der Waals surface area contributed by atoms with Crippen LogP contribution in [0.3, 0.4) is 0 Å². The number of carbonyl (C=O) groups is 2. The lowest BCUT2D eigenvalue weighted by atomic mass is 9.92. The molecule has 5 N–H and O–H groups in total. The van der Waals surface area contributed by atoms with Crippen molar-refractivity contribution in [3.8, 4) is 34.6 Å². The molecule has 13 nitrogen and oxygen atoms in total. The molecule has 0 unspecified atom stereocenters. The third-order valence-electron chi connectivity index (χ3n) is 9.46. The van der Waals surface area contributed by atoms with E-state index in [0.717, 1.165) is 12.1 Å². The van der Waals surface area contributed by atoms with E-state index in [1.807, 2.05) is 0 Å². The number of alkyl halides is 6. The maximum absolute atomic E-state index is 14.3. The van der Waals surface area contributed by atoms with Gasteiger partial charge in [0.15, 0.2) is 0 Å². The largest absolute Gasteiger partial charge is 0.481 e. The van der Waals surface area contributed by atoms with Gasteiger partial charge in [0.1, 0.15) is 24.3 Å². The van der Waals surface area contributed by atoms with Crippen molar-refractivity contribution in [1.82, 2.24) is 15.3 Å². The Kier molecular flexibility index (Phi) is 16.1. The maximum Gasteiger partial charge on any atom is 0.421 e. The van der Waals surface area contributed by atoms with Crippen LogP contribution in [-0.2, 0) is 48.1 Å². The molecule has 19 heteroatoms. The van der Waals surface area contributed by atoms with Gasteiger partial charge in [-0.05, 0) is 78.6 Å². The molecule has 4 rings (SSSR count). The Bertz CT molecular complexity index is 1980. The molecule has 326 valence electrons. The zero-order valence-electron chi connectivity index (χ0n) is 33.0. The topological polar surface area (TPSA) is 190 Å². The second-order valence-electron chi connectivity index (χ2n) is 13.8. The van der Waals surface area contributed by atoms with Crippen LogP contribution in [0.25, 0.3) is 11.1 Å². The summed E-state index contributed by atoms with van der Waals surface area (Å²) in [6, 6.07) is 11.9. The summed E-state index contributed by atoms with van der Waals surface area (Å²) in [6.07, 6.45) is -13.0. The first-order valence-electron chi connectivity index (χ1n) is 18.5. The Morgan fingerprint density at radius 2 is 1.13 bits per heavy atom. The fourth-order valence-electron chi connectivity index (χ4n) is 6.36. The number of halogens is 6. The van der Waals surface area contributed by atoms with E-state index < -0.39 is 72.2 Å². The molecule has 2 aromatic carbocycles. The summed E-state index contributed by atoms with van der Waals surface area (Å²) in [7, 11) is 2.44. The number of aliphatic hydroxyl groups excluding tert-OH is 2. The predicted octanol–water partition coefficient (Wildman–Crippen LogP) is 7.06. The molecule has 0 aliphatic carbocycles. The predicted molar refractivity (Wildman–Crippen MR) is 203 cm³/mol. The second kappa shape index (κ2) is 20.5. The van der Waals surface area contributed by atoms with Gasteiger partial charge in [0.05, 0.1) is 39.3 Å². The van der Waals surface area contributed by atoms with Crippen molar-refractivity contribution >= 4 is 11.9 Å². The number of carboxylic acid groups (broad SMARTS) is 2. The highest BCUT2D eigenvalue weighted by Crippen LogP contribution is 2.41. The van der Waals surface area contributed by atoms with E-state index in [-0.39, 0.29) is 68.5 Å². The van der Waals surface area contributed by atoms with E-state index in [1.165, 1.54) is 14.2 Å². The molecule has 0 saturated carbocycles. The highest BCUT2D eigenvalue weighted by Gasteiger charge is 2.38. The molecule has 4 aromatic rings. The van der Waals surface area contributed by atoms with Crippen molar-refractivity contribution in [2.75, 3.05) is 20.8 Å². The summed E-state index contributed by atoms with van der Waals surface area (Å²) in [5, 5.41) is 40.0. The summed E-state index contributed by atoms with van der Waals surface area (Å²) in [5.74, 6) is -4.23. The molecule has 0 fully saturated rings. The van der Waals surface area contributed by atoms with Crippen LogP contribution in [0.15, 0.2) is 48.5 Å². The minimum Gasteiger partial charge on any atom is -0.481 e. The Balaban J connectivity index is 1.55. The lowest BCUT2D eigenvalue weighted by molar-refractivity contribution is -0.140. The average Bonchev–Trinajstić information content (AvgIpc) is 3.16. The first kappa shape index (κ1) is 47.0. The second-order valence-corrected chi connectivity index (χ2v) is 13.8. The van der Waals surface area contributed by atoms with Crippen molar-refractivity contribution in [3.63, 3.8) is 0 Å². The third kappa shape index (κ3) is 12.7. The number of aliphatic carboxylic acids is 2.